The van der Waals surface area contributed by atoms with Gasteiger partial charge in [-0.3, -0.25) is 28.1 Å². The van der Waals surface area contributed by atoms with Gasteiger partial charge in [-0.05, 0) is 111 Å². The fourth-order valence-corrected chi connectivity index (χ4v) is 10.7. The van der Waals surface area contributed by atoms with Crippen molar-refractivity contribution >= 4 is 39.2 Å². The number of aromatic nitrogens is 7. The van der Waals surface area contributed by atoms with E-state index in [-0.39, 0.29) is 52.9 Å². The number of nitrogens with two attached hydrogens (primary N) is 1. The van der Waals surface area contributed by atoms with Crippen LogP contribution >= 0.6 is 0 Å². The molecule has 1 amide bonds. The number of nitrogens with zero attached hydrogens (tertiary/aromatic N) is 8. The number of hydrogen-bond acceptors (Lipinski definition) is 9. The first-order chi connectivity index (χ1) is 30.7. The van der Waals surface area contributed by atoms with Crippen molar-refractivity contribution in [3.63, 3.8) is 0 Å². The Morgan fingerprint density at radius 3 is 2.38 bits per heavy atom. The van der Waals surface area contributed by atoms with Gasteiger partial charge in [0.05, 0.1) is 47.7 Å². The summed E-state index contributed by atoms with van der Waals surface area (Å²) in [6.07, 6.45) is 7.29. The lowest BCUT2D eigenvalue weighted by Gasteiger charge is -2.53. The Hall–Kier alpha value is -6.88. The SMILES string of the molecule is Cc1cc(N=C(C2=C(N)CCN(C(=O)c3cc4cc(C5CC6(COC6)C5)ccc4n3[C@@]3(c4noc(=O)[nH]4)C[C@@H]3C)[C@H]2C)n2ccn(-c3ccc4c(cnn4C)c3F)c2=O)cc(C)c1F. The molecule has 2 saturated carbocycles. The van der Waals surface area contributed by atoms with E-state index in [4.69, 9.17) is 20.0 Å². The highest BCUT2D eigenvalue weighted by molar-refractivity contribution is 6.05. The van der Waals surface area contributed by atoms with Gasteiger partial charge >= 0.3 is 11.4 Å². The lowest BCUT2D eigenvalue weighted by atomic mass is 9.59. The Labute approximate surface area is 364 Å². The van der Waals surface area contributed by atoms with E-state index >= 15 is 9.18 Å². The summed E-state index contributed by atoms with van der Waals surface area (Å²) in [5.74, 6) is -1.18. The summed E-state index contributed by atoms with van der Waals surface area (Å²) in [4.78, 5) is 51.9. The summed E-state index contributed by atoms with van der Waals surface area (Å²) < 4.78 is 47.6. The first-order valence-corrected chi connectivity index (χ1v) is 21.5. The van der Waals surface area contributed by atoms with Crippen molar-refractivity contribution in [3.8, 4) is 5.69 Å². The number of halogens is 2. The van der Waals surface area contributed by atoms with Gasteiger partial charge in [0, 0.05) is 60.0 Å². The van der Waals surface area contributed by atoms with E-state index in [9.17, 15) is 14.0 Å². The summed E-state index contributed by atoms with van der Waals surface area (Å²) in [5, 5.41) is 9.46. The Morgan fingerprint density at radius 1 is 0.969 bits per heavy atom. The zero-order valence-corrected chi connectivity index (χ0v) is 36.0. The Balaban J connectivity index is 1.03. The van der Waals surface area contributed by atoms with Gasteiger partial charge in [0.15, 0.2) is 11.6 Å². The quantitative estimate of drug-likeness (QED) is 0.136. The molecule has 15 nitrogen and oxygen atoms in total. The van der Waals surface area contributed by atoms with Crippen LogP contribution in [0.3, 0.4) is 0 Å². The number of hydrogen-bond donors (Lipinski definition) is 2. The van der Waals surface area contributed by atoms with Gasteiger partial charge in [0.2, 0.25) is 0 Å². The zero-order chi connectivity index (χ0) is 44.6. The van der Waals surface area contributed by atoms with Crippen LogP contribution in [0.25, 0.3) is 27.5 Å². The fraction of sp³-hybridized carbons (Fsp3) is 0.362. The molecule has 1 spiro atoms. The number of carbonyl (C=O) groups is 1. The highest BCUT2D eigenvalue weighted by atomic mass is 19.1. The molecular weight excluding hydrogens is 823 g/mol. The standard InChI is InChI=1S/C47H46F2N10O5/c1-24-14-31(15-25(2)39(24)48)52-41(58-13-12-57(45(58)62)36-9-8-35-32(40(36)49)21-51-55(35)5)38-27(4)56(11-10-33(38)50)42(60)37-17-29-16-28(30-19-46(20-30)22-63-23-46)6-7-34(29)59(37)47(18-26(47)3)43-53-44(61)64-54-43/h6-9,12-17,21,26-27,30H,10-11,18-20,22-23,50H2,1-5H3,(H,53,54,61)/t26-,27-,47-/m0/s1. The Bertz CT molecular complexity index is 3270. The molecule has 3 atom stereocenters. The normalized spacial score (nSPS) is 22.2. The number of benzene rings is 3. The van der Waals surface area contributed by atoms with Crippen LogP contribution in [0.1, 0.15) is 78.5 Å². The lowest BCUT2D eigenvalue weighted by Crippen LogP contribution is -2.51. The van der Waals surface area contributed by atoms with Crippen LogP contribution in [0, 0.1) is 36.8 Å². The summed E-state index contributed by atoms with van der Waals surface area (Å²) in [5.41, 5.74) is 10.5. The second-order valence-corrected chi connectivity index (χ2v) is 18.4. The van der Waals surface area contributed by atoms with Crippen LogP contribution in [0.2, 0.25) is 0 Å². The maximum absolute atomic E-state index is 16.1. The molecule has 0 bridgehead atoms. The molecule has 2 aliphatic carbocycles. The van der Waals surface area contributed by atoms with Crippen LogP contribution in [-0.2, 0) is 17.3 Å². The monoisotopic (exact) mass is 868 g/mol. The summed E-state index contributed by atoms with van der Waals surface area (Å²) in [7, 11) is 1.71. The Morgan fingerprint density at radius 2 is 1.70 bits per heavy atom. The number of aromatic amines is 1. The van der Waals surface area contributed by atoms with Crippen LogP contribution in [0.4, 0.5) is 14.5 Å². The molecule has 3 aromatic carbocycles. The summed E-state index contributed by atoms with van der Waals surface area (Å²) >= 11 is 0. The second kappa shape index (κ2) is 14.1. The number of carbonyl (C=O) groups excluding carboxylic acids is 1. The van der Waals surface area contributed by atoms with Gasteiger partial charge in [-0.1, -0.05) is 18.1 Å². The van der Waals surface area contributed by atoms with Crippen LogP contribution < -0.4 is 17.2 Å². The van der Waals surface area contributed by atoms with E-state index in [1.807, 2.05) is 24.5 Å². The maximum atomic E-state index is 16.1. The minimum atomic E-state index is -0.865. The third-order valence-electron chi connectivity index (χ3n) is 14.3. The maximum Gasteiger partial charge on any atom is 0.438 e. The molecule has 3 N–H and O–H groups in total. The molecule has 0 unspecified atom stereocenters. The fourth-order valence-electron chi connectivity index (χ4n) is 10.7. The molecular formula is C47H46F2N10O5. The number of aliphatic imine (C=N–C) groups is 1. The molecule has 2 aliphatic heterocycles. The number of ether oxygens (including phenoxy) is 1. The molecule has 328 valence electrons. The molecule has 4 aliphatic rings. The third-order valence-corrected chi connectivity index (χ3v) is 14.3. The molecule has 64 heavy (non-hydrogen) atoms. The molecule has 3 fully saturated rings. The average Bonchev–Trinajstić information content (AvgIpc) is 3.72. The van der Waals surface area contributed by atoms with E-state index in [1.165, 1.54) is 39.4 Å². The molecule has 1 saturated heterocycles. The van der Waals surface area contributed by atoms with Gasteiger partial charge < -0.3 is 19.9 Å². The first-order valence-electron chi connectivity index (χ1n) is 21.5. The number of nitrogens with one attached hydrogen (secondary N) is 1. The number of imidazole rings is 1. The first kappa shape index (κ1) is 39.9. The lowest BCUT2D eigenvalue weighted by molar-refractivity contribution is -0.164. The van der Waals surface area contributed by atoms with Gasteiger partial charge in [-0.15, -0.1) is 0 Å². The molecule has 6 heterocycles. The van der Waals surface area contributed by atoms with E-state index in [1.54, 1.807) is 48.7 Å². The van der Waals surface area contributed by atoms with Crippen molar-refractivity contribution in [1.29, 1.82) is 0 Å². The number of rotatable bonds is 7. The predicted molar refractivity (Wildman–Crippen MR) is 234 cm³/mol. The highest BCUT2D eigenvalue weighted by Gasteiger charge is 2.59. The zero-order valence-electron chi connectivity index (χ0n) is 36.0. The second-order valence-electron chi connectivity index (χ2n) is 18.4. The number of H-pyrrole nitrogens is 1. The summed E-state index contributed by atoms with van der Waals surface area (Å²) in [6.45, 7) is 8.98. The Kier molecular flexibility index (Phi) is 8.77. The number of amides is 1. The van der Waals surface area contributed by atoms with Crippen molar-refractivity contribution in [2.24, 2.45) is 29.1 Å². The minimum Gasteiger partial charge on any atom is -0.402 e. The van der Waals surface area contributed by atoms with Crippen molar-refractivity contribution in [2.75, 3.05) is 19.8 Å². The van der Waals surface area contributed by atoms with Crippen molar-refractivity contribution in [2.45, 2.75) is 70.9 Å². The van der Waals surface area contributed by atoms with E-state index in [2.05, 4.69) is 33.4 Å². The van der Waals surface area contributed by atoms with Crippen LogP contribution in [0.15, 0.2) is 97.5 Å². The molecule has 7 aromatic rings. The van der Waals surface area contributed by atoms with E-state index < -0.39 is 28.8 Å². The molecule has 11 rings (SSSR count). The third kappa shape index (κ3) is 5.85. The minimum absolute atomic E-state index is 0.00830. The van der Waals surface area contributed by atoms with Crippen LogP contribution in [-0.4, -0.2) is 76.1 Å². The topological polar surface area (TPSA) is 176 Å². The largest absolute Gasteiger partial charge is 0.438 e. The van der Waals surface area contributed by atoms with E-state index in [0.29, 0.717) is 57.5 Å². The predicted octanol–water partition coefficient (Wildman–Crippen LogP) is 6.45. The van der Waals surface area contributed by atoms with Gasteiger partial charge in [0.25, 0.3) is 5.91 Å². The van der Waals surface area contributed by atoms with Gasteiger partial charge in [-0.2, -0.15) is 5.10 Å². The van der Waals surface area contributed by atoms with Crippen molar-refractivity contribution in [1.82, 2.24) is 38.5 Å². The van der Waals surface area contributed by atoms with Crippen LogP contribution in [0.5, 0.6) is 0 Å². The number of aryl methyl sites for hydroxylation is 3. The highest BCUT2D eigenvalue weighted by Crippen LogP contribution is 2.57. The van der Waals surface area contributed by atoms with Gasteiger partial charge in [0.1, 0.15) is 22.9 Å². The molecule has 0 radical (unpaired) electrons. The smallest absolute Gasteiger partial charge is 0.402 e. The molecule has 17 heteroatoms. The summed E-state index contributed by atoms with van der Waals surface area (Å²) in [6, 6.07) is 13.9. The molecule has 4 aromatic heterocycles. The van der Waals surface area contributed by atoms with E-state index in [0.717, 1.165) is 37.0 Å². The average molecular weight is 869 g/mol. The van der Waals surface area contributed by atoms with Crippen molar-refractivity contribution < 1.29 is 22.8 Å². The van der Waals surface area contributed by atoms with Gasteiger partial charge in [-0.25, -0.2) is 23.4 Å². The number of fused-ring (bicyclic) bond motifs is 2. The van der Waals surface area contributed by atoms with Crippen molar-refractivity contribution in [3.05, 3.63) is 139 Å².